The lowest BCUT2D eigenvalue weighted by Gasteiger charge is -2.39. The topological polar surface area (TPSA) is 81.6 Å². The summed E-state index contributed by atoms with van der Waals surface area (Å²) in [5.74, 6) is 0.736. The molecular weight excluding hydrogens is 438 g/mol. The summed E-state index contributed by atoms with van der Waals surface area (Å²) in [4.78, 5) is 10.1. The predicted octanol–water partition coefficient (Wildman–Crippen LogP) is 4.59. The van der Waals surface area contributed by atoms with Gasteiger partial charge in [-0.2, -0.15) is 0 Å². The van der Waals surface area contributed by atoms with Gasteiger partial charge < -0.3 is 24.8 Å². The van der Waals surface area contributed by atoms with E-state index in [2.05, 4.69) is 33.1 Å². The highest BCUT2D eigenvalue weighted by atomic mass is 16.5. The molecule has 6 rings (SSSR count). The quantitative estimate of drug-likeness (QED) is 0.340. The molecule has 2 aromatic heterocycles. The number of fused-ring (bicyclic) bond motifs is 4. The summed E-state index contributed by atoms with van der Waals surface area (Å²) in [6.45, 7) is 2.16. The molecule has 0 saturated carbocycles. The van der Waals surface area contributed by atoms with E-state index in [0.29, 0.717) is 32.5 Å². The van der Waals surface area contributed by atoms with Gasteiger partial charge in [-0.3, -0.25) is 4.98 Å². The van der Waals surface area contributed by atoms with Crippen LogP contribution in [0.1, 0.15) is 18.4 Å². The van der Waals surface area contributed by atoms with E-state index in [1.165, 1.54) is 5.39 Å². The average molecular weight is 468 g/mol. The number of hydrogen-bond donors (Lipinski definition) is 3. The van der Waals surface area contributed by atoms with Gasteiger partial charge in [0.1, 0.15) is 18.5 Å². The van der Waals surface area contributed by atoms with E-state index >= 15 is 0 Å². The molecule has 35 heavy (non-hydrogen) atoms. The molecule has 3 N–H and O–H groups in total. The van der Waals surface area contributed by atoms with Crippen LogP contribution in [0.15, 0.2) is 79.0 Å². The first kappa shape index (κ1) is 22.0. The first-order valence-corrected chi connectivity index (χ1v) is 12.2. The first-order valence-electron chi connectivity index (χ1n) is 12.2. The summed E-state index contributed by atoms with van der Waals surface area (Å²) < 4.78 is 5.91. The number of piperidine rings is 1. The van der Waals surface area contributed by atoms with E-state index in [9.17, 15) is 10.2 Å². The van der Waals surface area contributed by atoms with E-state index in [0.717, 1.165) is 38.6 Å². The van der Waals surface area contributed by atoms with Gasteiger partial charge >= 0.3 is 0 Å². The van der Waals surface area contributed by atoms with Gasteiger partial charge in [-0.15, -0.1) is 0 Å². The van der Waals surface area contributed by atoms with Crippen molar-refractivity contribution in [2.45, 2.75) is 24.5 Å². The molecule has 1 saturated heterocycles. The zero-order valence-electron chi connectivity index (χ0n) is 19.5. The maximum Gasteiger partial charge on any atom is 0.121 e. The third-order valence-electron chi connectivity index (χ3n) is 7.20. The standard InChI is InChI=1S/C29H29N3O3/c33-22(19-35-23-9-10-25-24-6-2-4-8-27(24)31-28(25)16-23)18-32-13-11-29(34,12-14-32)21-15-20-5-1-3-7-26(20)30-17-21/h1-10,15-17,22,31,33-34H,11-14,18-19H2/t22-/m0/s1. The Kier molecular flexibility index (Phi) is 5.65. The number of pyridine rings is 1. The third kappa shape index (κ3) is 4.36. The van der Waals surface area contributed by atoms with Crippen molar-refractivity contribution >= 4 is 32.7 Å². The van der Waals surface area contributed by atoms with Gasteiger partial charge in [0.25, 0.3) is 0 Å². The molecule has 6 heteroatoms. The monoisotopic (exact) mass is 467 g/mol. The minimum atomic E-state index is -0.885. The minimum absolute atomic E-state index is 0.223. The highest BCUT2D eigenvalue weighted by molar-refractivity contribution is 6.07. The van der Waals surface area contributed by atoms with Crippen molar-refractivity contribution in [3.05, 3.63) is 84.6 Å². The fourth-order valence-electron chi connectivity index (χ4n) is 5.19. The lowest BCUT2D eigenvalue weighted by Crippen LogP contribution is -2.46. The van der Waals surface area contributed by atoms with Gasteiger partial charge in [-0.25, -0.2) is 0 Å². The number of hydrogen-bond acceptors (Lipinski definition) is 5. The summed E-state index contributed by atoms with van der Waals surface area (Å²) in [5, 5.41) is 25.3. The van der Waals surface area contributed by atoms with E-state index < -0.39 is 11.7 Å². The van der Waals surface area contributed by atoms with Crippen molar-refractivity contribution < 1.29 is 14.9 Å². The lowest BCUT2D eigenvalue weighted by atomic mass is 9.84. The van der Waals surface area contributed by atoms with Crippen molar-refractivity contribution in [3.8, 4) is 5.75 Å². The maximum absolute atomic E-state index is 11.3. The Morgan fingerprint density at radius 2 is 1.71 bits per heavy atom. The summed E-state index contributed by atoms with van der Waals surface area (Å²) in [6.07, 6.45) is 2.40. The first-order chi connectivity index (χ1) is 17.1. The molecule has 1 fully saturated rings. The number of aromatic nitrogens is 2. The number of aliphatic hydroxyl groups excluding tert-OH is 1. The Labute approximate surface area is 203 Å². The SMILES string of the molecule is O[C@H](COc1ccc2c(c1)[nH]c1ccccc12)CN1CCC(O)(c2cnc3ccccc3c2)CC1. The second kappa shape index (κ2) is 8.96. The Balaban J connectivity index is 1.04. The van der Waals surface area contributed by atoms with Gasteiger partial charge in [0.2, 0.25) is 0 Å². The van der Waals surface area contributed by atoms with Crippen LogP contribution in [0.3, 0.4) is 0 Å². The molecule has 6 nitrogen and oxygen atoms in total. The highest BCUT2D eigenvalue weighted by Gasteiger charge is 2.34. The molecule has 1 aliphatic rings. The van der Waals surface area contributed by atoms with Gasteiger partial charge in [-0.1, -0.05) is 36.4 Å². The molecule has 0 spiro atoms. The van der Waals surface area contributed by atoms with Crippen molar-refractivity contribution in [2.24, 2.45) is 0 Å². The second-order valence-corrected chi connectivity index (χ2v) is 9.59. The Bertz CT molecular complexity index is 1490. The van der Waals surface area contributed by atoms with Crippen LogP contribution in [0, 0.1) is 0 Å². The van der Waals surface area contributed by atoms with Crippen molar-refractivity contribution in [1.29, 1.82) is 0 Å². The maximum atomic E-state index is 11.3. The molecule has 0 aliphatic carbocycles. The van der Waals surface area contributed by atoms with Crippen LogP contribution in [-0.4, -0.2) is 57.4 Å². The predicted molar refractivity (Wildman–Crippen MR) is 139 cm³/mol. The lowest BCUT2D eigenvalue weighted by molar-refractivity contribution is -0.0373. The highest BCUT2D eigenvalue weighted by Crippen LogP contribution is 2.34. The van der Waals surface area contributed by atoms with Gasteiger partial charge in [0.15, 0.2) is 0 Å². The largest absolute Gasteiger partial charge is 0.491 e. The second-order valence-electron chi connectivity index (χ2n) is 9.59. The molecule has 3 aromatic carbocycles. The van der Waals surface area contributed by atoms with Crippen LogP contribution < -0.4 is 4.74 Å². The van der Waals surface area contributed by atoms with E-state index in [1.807, 2.05) is 54.6 Å². The molecule has 1 aliphatic heterocycles. The van der Waals surface area contributed by atoms with Gasteiger partial charge in [0, 0.05) is 59.1 Å². The smallest absolute Gasteiger partial charge is 0.121 e. The van der Waals surface area contributed by atoms with Crippen LogP contribution in [0.2, 0.25) is 0 Å². The number of aromatic amines is 1. The third-order valence-corrected chi connectivity index (χ3v) is 7.20. The number of benzene rings is 3. The number of para-hydroxylation sites is 2. The number of aliphatic hydroxyl groups is 2. The van der Waals surface area contributed by atoms with Crippen LogP contribution >= 0.6 is 0 Å². The number of likely N-dealkylation sites (tertiary alicyclic amines) is 1. The van der Waals surface area contributed by atoms with Crippen molar-refractivity contribution in [2.75, 3.05) is 26.2 Å². The zero-order chi connectivity index (χ0) is 23.8. The molecule has 0 amide bonds. The van der Waals surface area contributed by atoms with E-state index in [-0.39, 0.29) is 6.61 Å². The Hall–Kier alpha value is -3.45. The van der Waals surface area contributed by atoms with Crippen molar-refractivity contribution in [3.63, 3.8) is 0 Å². The number of H-pyrrole nitrogens is 1. The summed E-state index contributed by atoms with van der Waals surface area (Å²) in [7, 11) is 0. The Morgan fingerprint density at radius 3 is 2.60 bits per heavy atom. The summed E-state index contributed by atoms with van der Waals surface area (Å²) >= 11 is 0. The van der Waals surface area contributed by atoms with Crippen LogP contribution in [-0.2, 0) is 5.60 Å². The number of ether oxygens (including phenoxy) is 1. The van der Waals surface area contributed by atoms with E-state index in [1.54, 1.807) is 6.20 Å². The molecule has 1 atom stereocenters. The van der Waals surface area contributed by atoms with Crippen LogP contribution in [0.5, 0.6) is 5.75 Å². The molecule has 3 heterocycles. The number of nitrogens with zero attached hydrogens (tertiary/aromatic N) is 2. The number of nitrogens with one attached hydrogen (secondary N) is 1. The van der Waals surface area contributed by atoms with Crippen LogP contribution in [0.25, 0.3) is 32.7 Å². The minimum Gasteiger partial charge on any atom is -0.491 e. The van der Waals surface area contributed by atoms with Gasteiger partial charge in [-0.05, 0) is 43.2 Å². The van der Waals surface area contributed by atoms with Crippen molar-refractivity contribution in [1.82, 2.24) is 14.9 Å². The fourth-order valence-corrected chi connectivity index (χ4v) is 5.19. The van der Waals surface area contributed by atoms with E-state index in [4.69, 9.17) is 4.74 Å². The molecule has 5 aromatic rings. The number of rotatable bonds is 6. The molecule has 0 unspecified atom stereocenters. The fraction of sp³-hybridized carbons (Fsp3) is 0.276. The Morgan fingerprint density at radius 1 is 0.943 bits per heavy atom. The molecule has 0 bridgehead atoms. The summed E-state index contributed by atoms with van der Waals surface area (Å²) in [6, 6.07) is 24.2. The molecular formula is C29H29N3O3. The zero-order valence-corrected chi connectivity index (χ0v) is 19.5. The molecule has 178 valence electrons. The van der Waals surface area contributed by atoms with Gasteiger partial charge in [0.05, 0.1) is 16.6 Å². The normalized spacial score (nSPS) is 17.2. The summed E-state index contributed by atoms with van der Waals surface area (Å²) in [5.41, 5.74) is 3.04. The number of β-amino-alcohol motifs (C(OH)–C–C–N with tert-alkyl or cyclic N) is 1. The average Bonchev–Trinajstić information content (AvgIpc) is 3.26. The van der Waals surface area contributed by atoms with Crippen LogP contribution in [0.4, 0.5) is 0 Å². The molecule has 0 radical (unpaired) electrons.